The van der Waals surface area contributed by atoms with Crippen LogP contribution in [0.4, 0.5) is 10.1 Å². The molecule has 1 heterocycles. The van der Waals surface area contributed by atoms with Gasteiger partial charge in [-0.1, -0.05) is 13.3 Å². The fourth-order valence-electron chi connectivity index (χ4n) is 2.48. The molecule has 1 aliphatic heterocycles. The minimum atomic E-state index is -3.66. The fourth-order valence-corrected chi connectivity index (χ4v) is 4.66. The zero-order chi connectivity index (χ0) is 14.9. The van der Waals surface area contributed by atoms with Gasteiger partial charge in [0, 0.05) is 13.1 Å². The zero-order valence-corrected chi connectivity index (χ0v) is 13.7. The molecule has 20 heavy (non-hydrogen) atoms. The summed E-state index contributed by atoms with van der Waals surface area (Å²) in [5, 5.41) is 0. The third-order valence-corrected chi connectivity index (χ3v) is 6.26. The van der Waals surface area contributed by atoms with Gasteiger partial charge in [0.25, 0.3) is 0 Å². The average molecular weight is 365 g/mol. The number of halogens is 2. The Hall–Kier alpha value is -0.660. The van der Waals surface area contributed by atoms with Crippen molar-refractivity contribution in [3.8, 4) is 0 Å². The van der Waals surface area contributed by atoms with Crippen LogP contribution in [0.25, 0.3) is 0 Å². The lowest BCUT2D eigenvalue weighted by atomic mass is 9.97. The van der Waals surface area contributed by atoms with Crippen molar-refractivity contribution in [2.24, 2.45) is 5.92 Å². The molecule has 0 bridgehead atoms. The summed E-state index contributed by atoms with van der Waals surface area (Å²) in [6, 6.07) is 2.29. The predicted molar refractivity (Wildman–Crippen MR) is 80.3 cm³/mol. The second-order valence-corrected chi connectivity index (χ2v) is 7.84. The van der Waals surface area contributed by atoms with E-state index in [9.17, 15) is 12.8 Å². The lowest BCUT2D eigenvalue weighted by Gasteiger charge is -2.31. The minimum Gasteiger partial charge on any atom is -0.398 e. The van der Waals surface area contributed by atoms with Gasteiger partial charge in [-0.2, -0.15) is 4.31 Å². The maximum Gasteiger partial charge on any atom is 0.245 e. The van der Waals surface area contributed by atoms with Crippen molar-refractivity contribution in [1.29, 1.82) is 0 Å². The van der Waals surface area contributed by atoms with Crippen molar-refractivity contribution in [1.82, 2.24) is 4.31 Å². The monoisotopic (exact) mass is 364 g/mol. The SMILES string of the molecule is CCC1CCCN(S(=O)(=O)c2cc(Br)c(F)cc2N)C1. The van der Waals surface area contributed by atoms with Gasteiger partial charge in [-0.05, 0) is 46.8 Å². The minimum absolute atomic E-state index is 0.0254. The van der Waals surface area contributed by atoms with E-state index < -0.39 is 15.8 Å². The number of sulfonamides is 1. The fraction of sp³-hybridized carbons (Fsp3) is 0.538. The molecule has 112 valence electrons. The van der Waals surface area contributed by atoms with Crippen molar-refractivity contribution in [3.63, 3.8) is 0 Å². The summed E-state index contributed by atoms with van der Waals surface area (Å²) in [7, 11) is -3.66. The standard InChI is InChI=1S/C13H18BrFN2O2S/c1-2-9-4-3-5-17(8-9)20(18,19)13-6-10(14)11(15)7-12(13)16/h6-7,9H,2-5,8,16H2,1H3. The van der Waals surface area contributed by atoms with E-state index in [1.165, 1.54) is 10.4 Å². The molecule has 0 aromatic heterocycles. The van der Waals surface area contributed by atoms with E-state index in [4.69, 9.17) is 5.73 Å². The molecular formula is C13H18BrFN2O2S. The van der Waals surface area contributed by atoms with Gasteiger partial charge >= 0.3 is 0 Å². The van der Waals surface area contributed by atoms with Gasteiger partial charge in [0.05, 0.1) is 10.2 Å². The Bertz CT molecular complexity index is 607. The maximum atomic E-state index is 13.4. The molecule has 7 heteroatoms. The highest BCUT2D eigenvalue weighted by molar-refractivity contribution is 9.10. The van der Waals surface area contributed by atoms with E-state index in [1.54, 1.807) is 0 Å². The number of nitrogen functional groups attached to an aromatic ring is 1. The van der Waals surface area contributed by atoms with Crippen molar-refractivity contribution in [2.45, 2.75) is 31.1 Å². The molecule has 2 rings (SSSR count). The molecular weight excluding hydrogens is 347 g/mol. The van der Waals surface area contributed by atoms with Gasteiger partial charge in [-0.3, -0.25) is 0 Å². The molecule has 1 aromatic carbocycles. The van der Waals surface area contributed by atoms with Crippen molar-refractivity contribution in [2.75, 3.05) is 18.8 Å². The molecule has 1 atom stereocenters. The molecule has 1 saturated heterocycles. The average Bonchev–Trinajstić information content (AvgIpc) is 2.42. The lowest BCUT2D eigenvalue weighted by Crippen LogP contribution is -2.40. The first-order chi connectivity index (χ1) is 9.36. The molecule has 4 nitrogen and oxygen atoms in total. The summed E-state index contributed by atoms with van der Waals surface area (Å²) in [4.78, 5) is -0.0254. The second kappa shape index (κ2) is 5.99. The van der Waals surface area contributed by atoms with Crippen LogP contribution in [-0.2, 0) is 10.0 Å². The highest BCUT2D eigenvalue weighted by atomic mass is 79.9. The number of nitrogens with two attached hydrogens (primary N) is 1. The molecule has 1 unspecified atom stereocenters. The highest BCUT2D eigenvalue weighted by Gasteiger charge is 2.31. The molecule has 1 aliphatic rings. The molecule has 1 fully saturated rings. The zero-order valence-electron chi connectivity index (χ0n) is 11.3. The topological polar surface area (TPSA) is 63.4 Å². The number of hydrogen-bond donors (Lipinski definition) is 1. The summed E-state index contributed by atoms with van der Waals surface area (Å²) < 4.78 is 40.2. The number of piperidine rings is 1. The summed E-state index contributed by atoms with van der Waals surface area (Å²) in [6.07, 6.45) is 2.85. The Balaban J connectivity index is 2.37. The Morgan fingerprint density at radius 2 is 2.20 bits per heavy atom. The molecule has 0 amide bonds. The van der Waals surface area contributed by atoms with Crippen molar-refractivity contribution in [3.05, 3.63) is 22.4 Å². The number of rotatable bonds is 3. The number of benzene rings is 1. The third-order valence-electron chi connectivity index (χ3n) is 3.73. The van der Waals surface area contributed by atoms with Gasteiger partial charge < -0.3 is 5.73 Å². The van der Waals surface area contributed by atoms with E-state index in [1.807, 2.05) is 0 Å². The lowest BCUT2D eigenvalue weighted by molar-refractivity contribution is 0.261. The number of anilines is 1. The second-order valence-electron chi connectivity index (χ2n) is 5.08. The van der Waals surface area contributed by atoms with Crippen LogP contribution in [0.2, 0.25) is 0 Å². The Morgan fingerprint density at radius 3 is 2.85 bits per heavy atom. The molecule has 0 saturated carbocycles. The molecule has 0 radical (unpaired) electrons. The third kappa shape index (κ3) is 2.99. The Kier molecular flexibility index (Phi) is 4.71. The number of nitrogens with zero attached hydrogens (tertiary/aromatic N) is 1. The van der Waals surface area contributed by atoms with Crippen LogP contribution in [-0.4, -0.2) is 25.8 Å². The van der Waals surface area contributed by atoms with Crippen LogP contribution in [0.3, 0.4) is 0 Å². The van der Waals surface area contributed by atoms with Crippen LogP contribution in [0.5, 0.6) is 0 Å². The van der Waals surface area contributed by atoms with Gasteiger partial charge in [0.15, 0.2) is 0 Å². The molecule has 0 aliphatic carbocycles. The first-order valence-corrected chi connectivity index (χ1v) is 8.84. The van der Waals surface area contributed by atoms with E-state index in [0.29, 0.717) is 19.0 Å². The Morgan fingerprint density at radius 1 is 1.50 bits per heavy atom. The van der Waals surface area contributed by atoms with Crippen LogP contribution in [0, 0.1) is 11.7 Å². The Labute approximate surface area is 127 Å². The maximum absolute atomic E-state index is 13.4. The molecule has 1 aromatic rings. The van der Waals surface area contributed by atoms with Crippen LogP contribution < -0.4 is 5.73 Å². The van der Waals surface area contributed by atoms with Gasteiger partial charge in [0.1, 0.15) is 10.7 Å². The highest BCUT2D eigenvalue weighted by Crippen LogP contribution is 2.31. The van der Waals surface area contributed by atoms with Gasteiger partial charge in [-0.25, -0.2) is 12.8 Å². The predicted octanol–water partition coefficient (Wildman–Crippen LogP) is 2.98. The normalized spacial score (nSPS) is 21.1. The van der Waals surface area contributed by atoms with Crippen LogP contribution in [0.1, 0.15) is 26.2 Å². The van der Waals surface area contributed by atoms with E-state index in [2.05, 4.69) is 22.9 Å². The number of hydrogen-bond acceptors (Lipinski definition) is 3. The summed E-state index contributed by atoms with van der Waals surface area (Å²) >= 11 is 3.01. The van der Waals surface area contributed by atoms with Crippen LogP contribution in [0.15, 0.2) is 21.5 Å². The van der Waals surface area contributed by atoms with Gasteiger partial charge in [-0.15, -0.1) is 0 Å². The summed E-state index contributed by atoms with van der Waals surface area (Å²) in [5.41, 5.74) is 5.63. The van der Waals surface area contributed by atoms with Crippen molar-refractivity contribution >= 4 is 31.6 Å². The quantitative estimate of drug-likeness (QED) is 0.838. The first kappa shape index (κ1) is 15.7. The van der Waals surface area contributed by atoms with E-state index >= 15 is 0 Å². The summed E-state index contributed by atoms with van der Waals surface area (Å²) in [5.74, 6) is -0.185. The van der Waals surface area contributed by atoms with E-state index in [0.717, 1.165) is 25.3 Å². The largest absolute Gasteiger partial charge is 0.398 e. The smallest absolute Gasteiger partial charge is 0.245 e. The molecule has 2 N–H and O–H groups in total. The van der Waals surface area contributed by atoms with E-state index in [-0.39, 0.29) is 15.1 Å². The first-order valence-electron chi connectivity index (χ1n) is 6.61. The van der Waals surface area contributed by atoms with Crippen LogP contribution >= 0.6 is 15.9 Å². The van der Waals surface area contributed by atoms with Gasteiger partial charge in [0.2, 0.25) is 10.0 Å². The molecule has 0 spiro atoms. The summed E-state index contributed by atoms with van der Waals surface area (Å²) in [6.45, 7) is 3.06. The van der Waals surface area contributed by atoms with Crippen molar-refractivity contribution < 1.29 is 12.8 Å².